The SMILES string of the molecule is COc1cccc2cc(C(=O)NCCc3cc(Cl)c4c(c3)OCCO4)oc12. The Balaban J connectivity index is 1.42. The van der Waals surface area contributed by atoms with Crippen molar-refractivity contribution in [3.05, 3.63) is 52.7 Å². The summed E-state index contributed by atoms with van der Waals surface area (Å²) >= 11 is 6.24. The lowest BCUT2D eigenvalue weighted by Gasteiger charge is -2.20. The van der Waals surface area contributed by atoms with Gasteiger partial charge >= 0.3 is 0 Å². The van der Waals surface area contributed by atoms with Gasteiger partial charge in [0.25, 0.3) is 5.91 Å². The van der Waals surface area contributed by atoms with Crippen LogP contribution in [-0.4, -0.2) is 32.8 Å². The molecular weight excluding hydrogens is 370 g/mol. The van der Waals surface area contributed by atoms with Crippen molar-refractivity contribution in [3.63, 3.8) is 0 Å². The van der Waals surface area contributed by atoms with E-state index in [0.717, 1.165) is 10.9 Å². The van der Waals surface area contributed by atoms with Crippen LogP contribution in [0.2, 0.25) is 5.02 Å². The predicted octanol–water partition coefficient (Wildman–Crippen LogP) is 3.84. The lowest BCUT2D eigenvalue weighted by molar-refractivity contribution is 0.0928. The van der Waals surface area contributed by atoms with E-state index in [-0.39, 0.29) is 11.7 Å². The number of ether oxygens (including phenoxy) is 3. The average molecular weight is 388 g/mol. The fraction of sp³-hybridized carbons (Fsp3) is 0.250. The first-order chi connectivity index (χ1) is 13.2. The van der Waals surface area contributed by atoms with E-state index >= 15 is 0 Å². The van der Waals surface area contributed by atoms with Crippen molar-refractivity contribution in [2.24, 2.45) is 0 Å². The third-order valence-electron chi connectivity index (χ3n) is 4.31. The van der Waals surface area contributed by atoms with E-state index in [2.05, 4.69) is 5.32 Å². The van der Waals surface area contributed by atoms with Crippen LogP contribution in [0.5, 0.6) is 17.2 Å². The van der Waals surface area contributed by atoms with Crippen LogP contribution in [0.25, 0.3) is 11.0 Å². The standard InChI is InChI=1S/C20H18ClNO5/c1-24-15-4-2-3-13-11-17(27-18(13)15)20(23)22-6-5-12-9-14(21)19-16(10-12)25-7-8-26-19/h2-4,9-11H,5-8H2,1H3,(H,22,23). The topological polar surface area (TPSA) is 69.9 Å². The minimum Gasteiger partial charge on any atom is -0.493 e. The molecule has 1 aromatic heterocycles. The summed E-state index contributed by atoms with van der Waals surface area (Å²) in [6.45, 7) is 1.42. The van der Waals surface area contributed by atoms with Crippen LogP contribution in [0.15, 0.2) is 40.8 Å². The van der Waals surface area contributed by atoms with E-state index in [1.165, 1.54) is 0 Å². The number of carbonyl (C=O) groups excluding carboxylic acids is 1. The molecule has 140 valence electrons. The molecule has 0 aliphatic carbocycles. The molecule has 0 spiro atoms. The molecule has 0 bridgehead atoms. The van der Waals surface area contributed by atoms with Gasteiger partial charge in [0.1, 0.15) is 13.2 Å². The second-order valence-corrected chi connectivity index (χ2v) is 6.50. The summed E-state index contributed by atoms with van der Waals surface area (Å²) in [6.07, 6.45) is 0.603. The van der Waals surface area contributed by atoms with E-state index in [9.17, 15) is 4.79 Å². The highest BCUT2D eigenvalue weighted by molar-refractivity contribution is 6.32. The molecular formula is C20H18ClNO5. The number of amides is 1. The van der Waals surface area contributed by atoms with E-state index in [1.807, 2.05) is 24.3 Å². The number of fused-ring (bicyclic) bond motifs is 2. The molecule has 4 rings (SSSR count). The first kappa shape index (κ1) is 17.5. The molecule has 1 N–H and O–H groups in total. The number of furan rings is 1. The Kier molecular flexibility index (Phi) is 4.81. The highest BCUT2D eigenvalue weighted by atomic mass is 35.5. The van der Waals surface area contributed by atoms with Gasteiger partial charge in [-0.1, -0.05) is 23.7 Å². The van der Waals surface area contributed by atoms with Crippen LogP contribution < -0.4 is 19.5 Å². The molecule has 0 unspecified atom stereocenters. The van der Waals surface area contributed by atoms with Crippen LogP contribution in [0, 0.1) is 0 Å². The Labute approximate surface area is 161 Å². The molecule has 1 aliphatic heterocycles. The largest absolute Gasteiger partial charge is 0.493 e. The number of methoxy groups -OCH3 is 1. The molecule has 6 nitrogen and oxygen atoms in total. The number of rotatable bonds is 5. The van der Waals surface area contributed by atoms with Crippen molar-refractivity contribution in [1.29, 1.82) is 0 Å². The molecule has 0 atom stereocenters. The number of benzene rings is 2. The molecule has 3 aromatic rings. The average Bonchev–Trinajstić information content (AvgIpc) is 3.12. The molecule has 1 aliphatic rings. The van der Waals surface area contributed by atoms with Gasteiger partial charge in [-0.15, -0.1) is 0 Å². The third kappa shape index (κ3) is 3.53. The van der Waals surface area contributed by atoms with E-state index in [4.69, 9.17) is 30.2 Å². The number of para-hydroxylation sites is 1. The van der Waals surface area contributed by atoms with Crippen molar-refractivity contribution in [2.45, 2.75) is 6.42 Å². The molecule has 0 radical (unpaired) electrons. The quantitative estimate of drug-likeness (QED) is 0.720. The summed E-state index contributed by atoms with van der Waals surface area (Å²) in [7, 11) is 1.56. The van der Waals surface area contributed by atoms with Gasteiger partial charge in [0, 0.05) is 11.9 Å². The molecule has 0 saturated heterocycles. The Hall–Kier alpha value is -2.86. The second kappa shape index (κ2) is 7.40. The molecule has 27 heavy (non-hydrogen) atoms. The number of nitrogens with one attached hydrogen (secondary N) is 1. The Bertz CT molecular complexity index is 997. The summed E-state index contributed by atoms with van der Waals surface area (Å²) in [5, 5.41) is 4.19. The van der Waals surface area contributed by atoms with Gasteiger partial charge in [0.05, 0.1) is 12.1 Å². The van der Waals surface area contributed by atoms with Crippen molar-refractivity contribution in [3.8, 4) is 17.2 Å². The van der Waals surface area contributed by atoms with Crippen molar-refractivity contribution >= 4 is 28.5 Å². The highest BCUT2D eigenvalue weighted by Gasteiger charge is 2.17. The molecule has 2 aromatic carbocycles. The number of hydrogen-bond acceptors (Lipinski definition) is 5. The van der Waals surface area contributed by atoms with Crippen LogP contribution in [0.4, 0.5) is 0 Å². The Morgan fingerprint density at radius 1 is 1.22 bits per heavy atom. The second-order valence-electron chi connectivity index (χ2n) is 6.10. The monoisotopic (exact) mass is 387 g/mol. The molecule has 1 amide bonds. The molecule has 2 heterocycles. The molecule has 0 fully saturated rings. The summed E-state index contributed by atoms with van der Waals surface area (Å²) in [4.78, 5) is 12.4. The van der Waals surface area contributed by atoms with Gasteiger partial charge in [-0.3, -0.25) is 4.79 Å². The number of carbonyl (C=O) groups is 1. The van der Waals surface area contributed by atoms with E-state index < -0.39 is 0 Å². The van der Waals surface area contributed by atoms with Gasteiger partial charge in [0.15, 0.2) is 28.6 Å². The first-order valence-electron chi connectivity index (χ1n) is 8.58. The first-order valence-corrected chi connectivity index (χ1v) is 8.96. The van der Waals surface area contributed by atoms with Crippen LogP contribution in [0.3, 0.4) is 0 Å². The van der Waals surface area contributed by atoms with Gasteiger partial charge in [-0.05, 0) is 36.2 Å². The van der Waals surface area contributed by atoms with E-state index in [1.54, 1.807) is 19.2 Å². The maximum Gasteiger partial charge on any atom is 0.287 e. The number of halogens is 1. The minimum absolute atomic E-state index is 0.245. The van der Waals surface area contributed by atoms with Crippen LogP contribution in [-0.2, 0) is 6.42 Å². The highest BCUT2D eigenvalue weighted by Crippen LogP contribution is 2.38. The van der Waals surface area contributed by atoms with E-state index in [0.29, 0.717) is 54.0 Å². The smallest absolute Gasteiger partial charge is 0.287 e. The van der Waals surface area contributed by atoms with Crippen molar-refractivity contribution in [2.75, 3.05) is 26.9 Å². The van der Waals surface area contributed by atoms with Crippen LogP contribution in [0.1, 0.15) is 16.1 Å². The van der Waals surface area contributed by atoms with Gasteiger partial charge in [-0.25, -0.2) is 0 Å². The summed E-state index contributed by atoms with van der Waals surface area (Å²) in [5.41, 5.74) is 1.51. The normalized spacial score (nSPS) is 12.8. The lowest BCUT2D eigenvalue weighted by Crippen LogP contribution is -2.25. The maximum absolute atomic E-state index is 12.4. The maximum atomic E-state index is 12.4. The third-order valence-corrected chi connectivity index (χ3v) is 4.59. The number of hydrogen-bond donors (Lipinski definition) is 1. The molecule has 7 heteroatoms. The zero-order valence-corrected chi connectivity index (χ0v) is 15.5. The summed E-state index contributed by atoms with van der Waals surface area (Å²) < 4.78 is 22.0. The predicted molar refractivity (Wildman–Crippen MR) is 101 cm³/mol. The van der Waals surface area contributed by atoms with Gasteiger partial charge < -0.3 is 23.9 Å². The van der Waals surface area contributed by atoms with Gasteiger partial charge in [0.2, 0.25) is 0 Å². The fourth-order valence-electron chi connectivity index (χ4n) is 3.03. The van der Waals surface area contributed by atoms with Crippen LogP contribution >= 0.6 is 11.6 Å². The van der Waals surface area contributed by atoms with Crippen molar-refractivity contribution < 1.29 is 23.4 Å². The summed E-state index contributed by atoms with van der Waals surface area (Å²) in [5.74, 6) is 1.77. The zero-order valence-electron chi connectivity index (χ0n) is 14.7. The Morgan fingerprint density at radius 3 is 2.93 bits per heavy atom. The van der Waals surface area contributed by atoms with Crippen molar-refractivity contribution in [1.82, 2.24) is 5.32 Å². The minimum atomic E-state index is -0.281. The Morgan fingerprint density at radius 2 is 2.07 bits per heavy atom. The van der Waals surface area contributed by atoms with Gasteiger partial charge in [-0.2, -0.15) is 0 Å². The zero-order chi connectivity index (χ0) is 18.8. The lowest BCUT2D eigenvalue weighted by atomic mass is 10.1. The molecule has 0 saturated carbocycles. The summed E-state index contributed by atoms with van der Waals surface area (Å²) in [6, 6.07) is 10.9. The fourth-order valence-corrected chi connectivity index (χ4v) is 3.31.